The molecule has 2 unspecified atom stereocenters. The van der Waals surface area contributed by atoms with Crippen molar-refractivity contribution in [1.29, 1.82) is 0 Å². The van der Waals surface area contributed by atoms with E-state index in [1.165, 1.54) is 49.1 Å². The zero-order chi connectivity index (χ0) is 64.5. The molecule has 0 fully saturated rings. The summed E-state index contributed by atoms with van der Waals surface area (Å²) in [5.74, 6) is 3.57. The molecule has 10 nitrogen and oxygen atoms in total. The number of fused-ring (bicyclic) bond motifs is 8. The number of benzene rings is 13. The highest BCUT2D eigenvalue weighted by Crippen LogP contribution is 2.47. The minimum atomic E-state index is -1.45. The van der Waals surface area contributed by atoms with Crippen LogP contribution in [0.5, 0.6) is 0 Å². The van der Waals surface area contributed by atoms with Crippen LogP contribution >= 0.6 is 15.9 Å². The summed E-state index contributed by atoms with van der Waals surface area (Å²) in [5, 5.41) is 44.8. The molecule has 3 aromatic heterocycles. The Morgan fingerprint density at radius 3 is 1.32 bits per heavy atom. The number of hydrogen-bond donors (Lipinski definition) is 2. The number of hydrogen-bond acceptors (Lipinski definition) is 7. The van der Waals surface area contributed by atoms with Crippen LogP contribution in [0, 0.1) is 0 Å². The van der Waals surface area contributed by atoms with Crippen LogP contribution in [-0.4, -0.2) is 57.3 Å². The van der Waals surface area contributed by atoms with E-state index in [1.807, 2.05) is 78.9 Å². The first-order chi connectivity index (χ1) is 47.4. The predicted molar refractivity (Wildman–Crippen MR) is 397 cm³/mol. The number of rotatable bonds is 10. The lowest BCUT2D eigenvalue weighted by Gasteiger charge is -2.28. The zero-order valence-corrected chi connectivity index (χ0v) is 53.5. The van der Waals surface area contributed by atoms with Gasteiger partial charge in [-0.15, -0.1) is 20.4 Å². The summed E-state index contributed by atoms with van der Waals surface area (Å²) >= 11 is 3.51. The van der Waals surface area contributed by atoms with Gasteiger partial charge >= 0.3 is 7.12 Å². The number of nitrogens with zero attached hydrogens (tertiary/aromatic N) is 8. The van der Waals surface area contributed by atoms with Crippen LogP contribution in [0.2, 0.25) is 0 Å². The van der Waals surface area contributed by atoms with E-state index in [0.29, 0.717) is 11.4 Å². The van der Waals surface area contributed by atoms with Crippen molar-refractivity contribution >= 4 is 83.2 Å². The third-order valence-electron chi connectivity index (χ3n) is 18.1. The molecule has 2 atom stereocenters. The molecule has 0 saturated carbocycles. The molecule has 1 aliphatic heterocycles. The molecule has 0 amide bonds. The maximum atomic E-state index is 9.48. The lowest BCUT2D eigenvalue weighted by atomic mass is 9.79. The first kappa shape index (κ1) is 59.2. The predicted octanol–water partition coefficient (Wildman–Crippen LogP) is 19.1. The second-order valence-electron chi connectivity index (χ2n) is 23.8. The molecule has 16 aromatic rings. The number of halogens is 1. The average Bonchev–Trinajstić information content (AvgIpc) is 1.30. The zero-order valence-electron chi connectivity index (χ0n) is 51.9. The Bertz CT molecular complexity index is 5530. The number of allylic oxidation sites excluding steroid dienone is 2. The molecule has 2 aliphatic rings. The highest BCUT2D eigenvalue weighted by molar-refractivity contribution is 9.10. The molecule has 4 heterocycles. The van der Waals surface area contributed by atoms with Crippen molar-refractivity contribution in [3.63, 3.8) is 0 Å². The Morgan fingerprint density at radius 2 is 0.760 bits per heavy atom. The Kier molecular flexibility index (Phi) is 16.0. The smallest absolute Gasteiger partial charge is 0.423 e. The van der Waals surface area contributed by atoms with E-state index in [1.54, 1.807) is 6.07 Å². The summed E-state index contributed by atoms with van der Waals surface area (Å²) in [6.07, 6.45) is 8.56. The van der Waals surface area contributed by atoms with Crippen LogP contribution in [0.4, 0.5) is 11.4 Å². The maximum absolute atomic E-state index is 9.48. The third-order valence-corrected chi connectivity index (χ3v) is 18.6. The molecule has 13 aromatic carbocycles. The van der Waals surface area contributed by atoms with E-state index < -0.39 is 7.12 Å². The van der Waals surface area contributed by atoms with Gasteiger partial charge in [0.05, 0.1) is 28.5 Å². The molecular weight excluding hydrogens is 1240 g/mol. The van der Waals surface area contributed by atoms with Crippen LogP contribution in [-0.2, 0) is 0 Å². The van der Waals surface area contributed by atoms with Crippen LogP contribution < -0.4 is 10.4 Å². The summed E-state index contributed by atoms with van der Waals surface area (Å²) in [7, 11) is -1.45. The topological polar surface area (TPSA) is 110 Å². The maximum Gasteiger partial charge on any atom is 0.488 e. The van der Waals surface area contributed by atoms with Gasteiger partial charge in [0.1, 0.15) is 0 Å². The summed E-state index contributed by atoms with van der Waals surface area (Å²) in [4.78, 5) is 2.27. The highest BCUT2D eigenvalue weighted by atomic mass is 79.9. The quantitative estimate of drug-likeness (QED) is 0.131. The summed E-state index contributed by atoms with van der Waals surface area (Å²) in [6.45, 7) is 0. The Hall–Kier alpha value is -11.8. The van der Waals surface area contributed by atoms with Crippen molar-refractivity contribution in [3.8, 4) is 73.7 Å². The van der Waals surface area contributed by atoms with Crippen LogP contribution in [0.3, 0.4) is 0 Å². The van der Waals surface area contributed by atoms with Crippen LogP contribution in [0.15, 0.2) is 344 Å². The van der Waals surface area contributed by atoms with Gasteiger partial charge in [-0.05, 0) is 99.7 Å². The second kappa shape index (κ2) is 25.9. The van der Waals surface area contributed by atoms with E-state index in [2.05, 4.69) is 300 Å². The van der Waals surface area contributed by atoms with Gasteiger partial charge in [-0.2, -0.15) is 0 Å². The largest absolute Gasteiger partial charge is 0.488 e. The molecule has 0 radical (unpaired) electrons. The number of anilines is 2. The Balaban J connectivity index is 0.000000123. The number of aromatic nitrogens is 7. The molecular formula is C84H60BBrN8O2. The molecule has 12 heteroatoms. The molecule has 0 spiro atoms. The standard InChI is InChI=1S/C42H28N4.C24H16BrN3.C18H16BNO2/c1-3-13-31(14-4-1)41-43-44-42(46(41)38-21-11-15-30-12-7-8-18-35(30)38)32-24-22-29(23-25-32)33-26-27-37-36-19-9-10-20-39(36)45(40(37)28-33)34-16-5-2-6-17-34;25-20-15-13-19(14-16-20)24-27-26-23(18-8-2-1-3-9-18)28(24)22-12-6-10-17-7-4-5-11-21(17)22;21-19(22)13-10-11-16-15-8-4-5-9-17(15)20(18(16)12-13)14-6-2-1-3-7-14/h1-28H;1-16H;1-12,15,17,21-22H. The van der Waals surface area contributed by atoms with E-state index in [4.69, 9.17) is 10.2 Å². The van der Waals surface area contributed by atoms with Gasteiger partial charge in [0.2, 0.25) is 0 Å². The fourth-order valence-corrected chi connectivity index (χ4v) is 13.8. The van der Waals surface area contributed by atoms with Gasteiger partial charge < -0.3 is 19.5 Å². The molecule has 1 aliphatic carbocycles. The Morgan fingerprint density at radius 1 is 0.323 bits per heavy atom. The van der Waals surface area contributed by atoms with E-state index in [-0.39, 0.29) is 6.04 Å². The molecule has 96 heavy (non-hydrogen) atoms. The Labute approximate surface area is 564 Å². The van der Waals surface area contributed by atoms with Crippen LogP contribution in [0.1, 0.15) is 11.5 Å². The lowest BCUT2D eigenvalue weighted by molar-refractivity contribution is 0.426. The van der Waals surface area contributed by atoms with Crippen molar-refractivity contribution in [2.24, 2.45) is 0 Å². The van der Waals surface area contributed by atoms with Crippen molar-refractivity contribution in [3.05, 3.63) is 350 Å². The van der Waals surface area contributed by atoms with E-state index in [0.717, 1.165) is 89.4 Å². The van der Waals surface area contributed by atoms with Crippen molar-refractivity contribution in [1.82, 2.24) is 34.1 Å². The molecule has 458 valence electrons. The van der Waals surface area contributed by atoms with E-state index >= 15 is 0 Å². The van der Waals surface area contributed by atoms with Gasteiger partial charge in [-0.1, -0.05) is 289 Å². The SMILES string of the molecule is Brc1ccc(-c2nnc(-c3ccccc3)n2-c2cccc3ccccc23)cc1.OB(O)c1ccc2c(c1)N(c1ccccc1)C1C=CC=CC21.c1ccc(-c2nnc(-c3ccc(-c4ccc5c6ccccc6n(-c6ccccc6)c5c4)cc3)n2-c2cccc3ccccc23)cc1. The van der Waals surface area contributed by atoms with Crippen molar-refractivity contribution in [2.45, 2.75) is 12.0 Å². The number of para-hydroxylation sites is 3. The lowest BCUT2D eigenvalue weighted by Crippen LogP contribution is -2.31. The molecule has 0 bridgehead atoms. The minimum absolute atomic E-state index is 0.230. The van der Waals surface area contributed by atoms with Gasteiger partial charge in [-0.3, -0.25) is 9.13 Å². The van der Waals surface area contributed by atoms with Crippen molar-refractivity contribution in [2.75, 3.05) is 4.90 Å². The van der Waals surface area contributed by atoms with Crippen LogP contribution in [0.25, 0.3) is 117 Å². The van der Waals surface area contributed by atoms with Gasteiger partial charge in [-0.25, -0.2) is 0 Å². The molecule has 18 rings (SSSR count). The average molecular weight is 1300 g/mol. The normalized spacial score (nSPS) is 13.7. The second-order valence-corrected chi connectivity index (χ2v) is 24.7. The fourth-order valence-electron chi connectivity index (χ4n) is 13.6. The van der Waals surface area contributed by atoms with E-state index in [9.17, 15) is 10.0 Å². The summed E-state index contributed by atoms with van der Waals surface area (Å²) < 4.78 is 7.74. The van der Waals surface area contributed by atoms with Gasteiger partial charge in [0.25, 0.3) is 0 Å². The molecule has 0 saturated heterocycles. The monoisotopic (exact) mass is 1300 g/mol. The fraction of sp³-hybridized carbons (Fsp3) is 0.0238. The van der Waals surface area contributed by atoms with Gasteiger partial charge in [0, 0.05) is 71.3 Å². The molecule has 2 N–H and O–H groups in total. The first-order valence-electron chi connectivity index (χ1n) is 32.0. The van der Waals surface area contributed by atoms with Crippen molar-refractivity contribution < 1.29 is 10.0 Å². The third kappa shape index (κ3) is 11.2. The highest BCUT2D eigenvalue weighted by Gasteiger charge is 2.38. The first-order valence-corrected chi connectivity index (χ1v) is 32.8. The minimum Gasteiger partial charge on any atom is -0.423 e. The summed E-state index contributed by atoms with van der Waals surface area (Å²) in [5.41, 5.74) is 16.0. The van der Waals surface area contributed by atoms with Gasteiger partial charge in [0.15, 0.2) is 23.3 Å². The summed E-state index contributed by atoms with van der Waals surface area (Å²) in [6, 6.07) is 109.